The summed E-state index contributed by atoms with van der Waals surface area (Å²) >= 11 is 0. The summed E-state index contributed by atoms with van der Waals surface area (Å²) in [5.41, 5.74) is 2.35. The molecule has 8 heteroatoms. The molecule has 1 N–H and O–H groups in total. The van der Waals surface area contributed by atoms with Crippen molar-refractivity contribution in [2.24, 2.45) is 0 Å². The number of nitro groups is 1. The monoisotopic (exact) mass is 400 g/mol. The molecule has 0 fully saturated rings. The number of ether oxygens (including phenoxy) is 2. The average molecular weight is 400 g/mol. The standard InChI is InChI=1S/C21H24N2O6/c1-13(2)16-9-8-14(3)10-18(16)28-12-20(25)29-11-19(24)22-21-15(4)6-5-7-17(21)23(26)27/h5-10,13H,11-12H2,1-4H3,(H,22,24). The van der Waals surface area contributed by atoms with E-state index >= 15 is 0 Å². The minimum absolute atomic E-state index is 0.0798. The summed E-state index contributed by atoms with van der Waals surface area (Å²) in [4.78, 5) is 34.5. The Morgan fingerprint density at radius 2 is 1.86 bits per heavy atom. The predicted octanol–water partition coefficient (Wildman–Crippen LogP) is 3.90. The lowest BCUT2D eigenvalue weighted by Gasteiger charge is -2.14. The van der Waals surface area contributed by atoms with Gasteiger partial charge in [0.1, 0.15) is 11.4 Å². The predicted molar refractivity (Wildman–Crippen MR) is 108 cm³/mol. The van der Waals surface area contributed by atoms with E-state index in [0.717, 1.165) is 11.1 Å². The maximum atomic E-state index is 12.1. The number of amides is 1. The fraction of sp³-hybridized carbons (Fsp3) is 0.333. The average Bonchev–Trinajstić information content (AvgIpc) is 2.65. The van der Waals surface area contributed by atoms with Gasteiger partial charge in [0.25, 0.3) is 11.6 Å². The highest BCUT2D eigenvalue weighted by molar-refractivity contribution is 5.95. The Labute approximate surface area is 169 Å². The van der Waals surface area contributed by atoms with Crippen LogP contribution in [-0.4, -0.2) is 30.0 Å². The molecule has 2 aromatic rings. The van der Waals surface area contributed by atoms with Gasteiger partial charge in [-0.15, -0.1) is 0 Å². The molecule has 0 bridgehead atoms. The first-order valence-corrected chi connectivity index (χ1v) is 9.12. The van der Waals surface area contributed by atoms with Crippen LogP contribution in [0.25, 0.3) is 0 Å². The van der Waals surface area contributed by atoms with Crippen molar-refractivity contribution < 1.29 is 24.0 Å². The van der Waals surface area contributed by atoms with E-state index in [0.29, 0.717) is 11.3 Å². The largest absolute Gasteiger partial charge is 0.482 e. The van der Waals surface area contributed by atoms with Gasteiger partial charge in [-0.3, -0.25) is 14.9 Å². The summed E-state index contributed by atoms with van der Waals surface area (Å²) in [7, 11) is 0. The minimum atomic E-state index is -0.712. The van der Waals surface area contributed by atoms with Gasteiger partial charge in [-0.1, -0.05) is 38.1 Å². The Hall–Kier alpha value is -3.42. The van der Waals surface area contributed by atoms with E-state index in [1.165, 1.54) is 12.1 Å². The van der Waals surface area contributed by atoms with Crippen molar-refractivity contribution >= 4 is 23.3 Å². The number of nitro benzene ring substituents is 1. The third kappa shape index (κ3) is 6.03. The number of carbonyl (C=O) groups is 2. The third-order valence-electron chi connectivity index (χ3n) is 4.21. The molecular weight excluding hydrogens is 376 g/mol. The van der Waals surface area contributed by atoms with Gasteiger partial charge in [-0.05, 0) is 42.5 Å². The molecule has 2 aromatic carbocycles. The molecule has 0 unspecified atom stereocenters. The van der Waals surface area contributed by atoms with Crippen LogP contribution < -0.4 is 10.1 Å². The molecule has 2 rings (SSSR count). The number of hydrogen-bond acceptors (Lipinski definition) is 6. The summed E-state index contributed by atoms with van der Waals surface area (Å²) in [5.74, 6) is -0.570. The Morgan fingerprint density at radius 3 is 2.52 bits per heavy atom. The third-order valence-corrected chi connectivity index (χ3v) is 4.21. The summed E-state index contributed by atoms with van der Waals surface area (Å²) in [6.45, 7) is 6.68. The number of aryl methyl sites for hydroxylation is 2. The molecule has 0 radical (unpaired) electrons. The van der Waals surface area contributed by atoms with Crippen molar-refractivity contribution in [2.75, 3.05) is 18.5 Å². The molecule has 0 aliphatic carbocycles. The number of anilines is 1. The molecule has 0 atom stereocenters. The molecule has 154 valence electrons. The molecule has 1 amide bonds. The number of carbonyl (C=O) groups excluding carboxylic acids is 2. The summed E-state index contributed by atoms with van der Waals surface area (Å²) in [6.07, 6.45) is 0. The van der Waals surface area contributed by atoms with Gasteiger partial charge in [0.05, 0.1) is 4.92 Å². The molecule has 0 aliphatic rings. The Bertz CT molecular complexity index is 923. The molecule has 29 heavy (non-hydrogen) atoms. The maximum absolute atomic E-state index is 12.1. The number of rotatable bonds is 8. The van der Waals surface area contributed by atoms with E-state index in [1.54, 1.807) is 13.0 Å². The Kier molecular flexibility index (Phi) is 7.30. The van der Waals surface area contributed by atoms with Gasteiger partial charge in [0.15, 0.2) is 13.2 Å². The molecule has 0 aromatic heterocycles. The van der Waals surface area contributed by atoms with Gasteiger partial charge in [-0.2, -0.15) is 0 Å². The highest BCUT2D eigenvalue weighted by Crippen LogP contribution is 2.28. The Morgan fingerprint density at radius 1 is 1.14 bits per heavy atom. The van der Waals surface area contributed by atoms with Gasteiger partial charge >= 0.3 is 5.97 Å². The lowest BCUT2D eigenvalue weighted by molar-refractivity contribution is -0.384. The molecule has 0 saturated heterocycles. The fourth-order valence-corrected chi connectivity index (χ4v) is 2.71. The molecule has 0 aliphatic heterocycles. The van der Waals surface area contributed by atoms with Crippen molar-refractivity contribution in [1.82, 2.24) is 0 Å². The first-order valence-electron chi connectivity index (χ1n) is 9.12. The van der Waals surface area contributed by atoms with E-state index in [-0.39, 0.29) is 23.9 Å². The maximum Gasteiger partial charge on any atom is 0.344 e. The van der Waals surface area contributed by atoms with Crippen LogP contribution in [0, 0.1) is 24.0 Å². The summed E-state index contributed by atoms with van der Waals surface area (Å²) < 4.78 is 10.5. The zero-order valence-electron chi connectivity index (χ0n) is 16.9. The highest BCUT2D eigenvalue weighted by atomic mass is 16.6. The molecule has 0 heterocycles. The zero-order chi connectivity index (χ0) is 21.6. The number of nitrogens with one attached hydrogen (secondary N) is 1. The lowest BCUT2D eigenvalue weighted by atomic mass is 10.0. The van der Waals surface area contributed by atoms with Crippen LogP contribution in [0.4, 0.5) is 11.4 Å². The second-order valence-corrected chi connectivity index (χ2v) is 6.92. The van der Waals surface area contributed by atoms with Crippen LogP contribution >= 0.6 is 0 Å². The molecule has 0 saturated carbocycles. The lowest BCUT2D eigenvalue weighted by Crippen LogP contribution is -2.24. The number of nitrogens with zero attached hydrogens (tertiary/aromatic N) is 1. The van der Waals surface area contributed by atoms with Crippen molar-refractivity contribution in [3.05, 3.63) is 63.2 Å². The van der Waals surface area contributed by atoms with Crippen LogP contribution in [0.5, 0.6) is 5.75 Å². The van der Waals surface area contributed by atoms with E-state index in [9.17, 15) is 19.7 Å². The van der Waals surface area contributed by atoms with Crippen molar-refractivity contribution in [3.8, 4) is 5.75 Å². The van der Waals surface area contributed by atoms with Crippen molar-refractivity contribution in [1.29, 1.82) is 0 Å². The Balaban J connectivity index is 1.92. The fourth-order valence-electron chi connectivity index (χ4n) is 2.71. The SMILES string of the molecule is Cc1ccc(C(C)C)c(OCC(=O)OCC(=O)Nc2c(C)cccc2[N+](=O)[O-])c1. The second-order valence-electron chi connectivity index (χ2n) is 6.92. The number of esters is 1. The molecular formula is C21H24N2O6. The van der Waals surface area contributed by atoms with E-state index in [4.69, 9.17) is 9.47 Å². The number of benzene rings is 2. The highest BCUT2D eigenvalue weighted by Gasteiger charge is 2.19. The normalized spacial score (nSPS) is 10.5. The van der Waals surface area contributed by atoms with E-state index in [1.807, 2.05) is 39.0 Å². The van der Waals surface area contributed by atoms with Crippen molar-refractivity contribution in [2.45, 2.75) is 33.6 Å². The zero-order valence-corrected chi connectivity index (χ0v) is 16.9. The van der Waals surface area contributed by atoms with Gasteiger partial charge in [0, 0.05) is 6.07 Å². The van der Waals surface area contributed by atoms with E-state index in [2.05, 4.69) is 5.32 Å². The first-order chi connectivity index (χ1) is 13.7. The van der Waals surface area contributed by atoms with Crippen LogP contribution in [0.2, 0.25) is 0 Å². The van der Waals surface area contributed by atoms with Crippen molar-refractivity contribution in [3.63, 3.8) is 0 Å². The number of hydrogen-bond donors (Lipinski definition) is 1. The van der Waals surface area contributed by atoms with E-state index < -0.39 is 23.4 Å². The first kappa shape index (κ1) is 21.9. The second kappa shape index (κ2) is 9.68. The van der Waals surface area contributed by atoms with Crippen LogP contribution in [0.3, 0.4) is 0 Å². The number of para-hydroxylation sites is 1. The summed E-state index contributed by atoms with van der Waals surface area (Å²) in [5, 5.41) is 13.5. The molecule has 8 nitrogen and oxygen atoms in total. The van der Waals surface area contributed by atoms with Crippen LogP contribution in [0.15, 0.2) is 36.4 Å². The summed E-state index contributed by atoms with van der Waals surface area (Å²) in [6, 6.07) is 10.2. The van der Waals surface area contributed by atoms with Gasteiger partial charge < -0.3 is 14.8 Å². The van der Waals surface area contributed by atoms with Gasteiger partial charge in [0.2, 0.25) is 0 Å². The smallest absolute Gasteiger partial charge is 0.344 e. The van der Waals surface area contributed by atoms with Gasteiger partial charge in [-0.25, -0.2) is 4.79 Å². The topological polar surface area (TPSA) is 108 Å². The minimum Gasteiger partial charge on any atom is -0.482 e. The van der Waals surface area contributed by atoms with Crippen LogP contribution in [-0.2, 0) is 14.3 Å². The van der Waals surface area contributed by atoms with Crippen LogP contribution in [0.1, 0.15) is 36.5 Å². The molecule has 0 spiro atoms. The quantitative estimate of drug-likeness (QED) is 0.409.